The molecule has 0 saturated carbocycles. The van der Waals surface area contributed by atoms with Crippen LogP contribution in [-0.2, 0) is 4.79 Å². The van der Waals surface area contributed by atoms with Crippen LogP contribution in [0.25, 0.3) is 6.08 Å². The molecule has 0 atom stereocenters. The van der Waals surface area contributed by atoms with Crippen LogP contribution in [-0.4, -0.2) is 16.1 Å². The summed E-state index contributed by atoms with van der Waals surface area (Å²) in [4.78, 5) is 16.5. The van der Waals surface area contributed by atoms with E-state index in [9.17, 15) is 4.79 Å². The number of hydrogen-bond acceptors (Lipinski definition) is 4. The van der Waals surface area contributed by atoms with Crippen LogP contribution in [0.3, 0.4) is 0 Å². The van der Waals surface area contributed by atoms with E-state index in [0.717, 1.165) is 20.2 Å². The van der Waals surface area contributed by atoms with Crippen molar-refractivity contribution in [2.24, 2.45) is 0 Å². The van der Waals surface area contributed by atoms with Crippen LogP contribution < -0.4 is 0 Å². The average Bonchev–Trinajstić information content (AvgIpc) is 2.75. The number of nitrogens with zero attached hydrogens (tertiary/aromatic N) is 1. The molecule has 3 nitrogen and oxygen atoms in total. The lowest BCUT2D eigenvalue weighted by Crippen LogP contribution is -1.84. The summed E-state index contributed by atoms with van der Waals surface area (Å²) in [7, 11) is 0. The van der Waals surface area contributed by atoms with Crippen molar-refractivity contribution in [2.45, 2.75) is 9.24 Å². The predicted molar refractivity (Wildman–Crippen MR) is 69.3 cm³/mol. The largest absolute Gasteiger partial charge is 0.478 e. The standard InChI is InChI=1S/C12H9NO2S2/c14-11(15)7-6-10-8-13-12(17-10)16-9-4-2-1-3-5-9/h1-8H,(H,14,15)/b7-6+. The lowest BCUT2D eigenvalue weighted by Gasteiger charge is -1.94. The van der Waals surface area contributed by atoms with Gasteiger partial charge in [-0.25, -0.2) is 9.78 Å². The first-order valence-electron chi connectivity index (χ1n) is 4.84. The molecular weight excluding hydrogens is 254 g/mol. The molecule has 0 aliphatic carbocycles. The molecule has 86 valence electrons. The molecule has 1 N–H and O–H groups in total. The summed E-state index contributed by atoms with van der Waals surface area (Å²) in [6, 6.07) is 9.94. The van der Waals surface area contributed by atoms with E-state index >= 15 is 0 Å². The summed E-state index contributed by atoms with van der Waals surface area (Å²) in [5.74, 6) is -0.948. The normalized spacial score (nSPS) is 10.8. The topological polar surface area (TPSA) is 50.2 Å². The Morgan fingerprint density at radius 1 is 1.35 bits per heavy atom. The highest BCUT2D eigenvalue weighted by atomic mass is 32.2. The molecule has 0 aliphatic rings. The summed E-state index contributed by atoms with van der Waals surface area (Å²) in [5, 5.41) is 8.51. The molecule has 0 unspecified atom stereocenters. The van der Waals surface area contributed by atoms with E-state index in [1.807, 2.05) is 30.3 Å². The van der Waals surface area contributed by atoms with Crippen molar-refractivity contribution in [1.29, 1.82) is 0 Å². The first-order valence-corrected chi connectivity index (χ1v) is 6.47. The number of carbonyl (C=O) groups is 1. The number of thiazole rings is 1. The van der Waals surface area contributed by atoms with Gasteiger partial charge in [-0.2, -0.15) is 0 Å². The minimum absolute atomic E-state index is 0.839. The van der Waals surface area contributed by atoms with E-state index in [0.29, 0.717) is 0 Å². The highest BCUT2D eigenvalue weighted by Gasteiger charge is 2.02. The maximum atomic E-state index is 10.4. The first kappa shape index (κ1) is 11.9. The predicted octanol–water partition coefficient (Wildman–Crippen LogP) is 3.39. The van der Waals surface area contributed by atoms with Gasteiger partial charge in [0.15, 0.2) is 4.34 Å². The zero-order valence-electron chi connectivity index (χ0n) is 8.74. The molecule has 2 aromatic rings. The van der Waals surface area contributed by atoms with Gasteiger partial charge in [0, 0.05) is 22.0 Å². The molecule has 2 rings (SSSR count). The van der Waals surface area contributed by atoms with Gasteiger partial charge in [0.1, 0.15) is 0 Å². The highest BCUT2D eigenvalue weighted by molar-refractivity contribution is 8.01. The second-order valence-corrected chi connectivity index (χ2v) is 5.50. The summed E-state index contributed by atoms with van der Waals surface area (Å²) in [6.45, 7) is 0. The Morgan fingerprint density at radius 2 is 2.12 bits per heavy atom. The monoisotopic (exact) mass is 263 g/mol. The van der Waals surface area contributed by atoms with E-state index in [1.54, 1.807) is 24.0 Å². The molecule has 0 spiro atoms. The summed E-state index contributed by atoms with van der Waals surface area (Å²) >= 11 is 3.04. The van der Waals surface area contributed by atoms with Crippen molar-refractivity contribution in [3.8, 4) is 0 Å². The Balaban J connectivity index is 2.06. The van der Waals surface area contributed by atoms with Gasteiger partial charge in [-0.15, -0.1) is 11.3 Å². The van der Waals surface area contributed by atoms with Crippen molar-refractivity contribution in [3.63, 3.8) is 0 Å². The van der Waals surface area contributed by atoms with Gasteiger partial charge in [-0.1, -0.05) is 30.0 Å². The summed E-state index contributed by atoms with van der Waals surface area (Å²) < 4.78 is 0.904. The van der Waals surface area contributed by atoms with Gasteiger partial charge in [0.2, 0.25) is 0 Å². The van der Waals surface area contributed by atoms with Gasteiger partial charge >= 0.3 is 5.97 Å². The van der Waals surface area contributed by atoms with Crippen LogP contribution in [0.4, 0.5) is 0 Å². The number of benzene rings is 1. The third-order valence-electron chi connectivity index (χ3n) is 1.84. The molecule has 0 radical (unpaired) electrons. The molecule has 5 heteroatoms. The van der Waals surface area contributed by atoms with Crippen molar-refractivity contribution >= 4 is 35.1 Å². The van der Waals surface area contributed by atoms with Crippen LogP contribution in [0, 0.1) is 0 Å². The Labute approximate surface area is 107 Å². The molecular formula is C12H9NO2S2. The van der Waals surface area contributed by atoms with Crippen molar-refractivity contribution < 1.29 is 9.90 Å². The SMILES string of the molecule is O=C(O)/C=C/c1cnc(Sc2ccccc2)s1. The van der Waals surface area contributed by atoms with Gasteiger partial charge in [-0.3, -0.25) is 0 Å². The number of hydrogen-bond donors (Lipinski definition) is 1. The van der Waals surface area contributed by atoms with Crippen molar-refractivity contribution in [1.82, 2.24) is 4.98 Å². The maximum absolute atomic E-state index is 10.4. The fourth-order valence-corrected chi connectivity index (χ4v) is 3.03. The van der Waals surface area contributed by atoms with E-state index in [4.69, 9.17) is 5.11 Å². The molecule has 1 heterocycles. The summed E-state index contributed by atoms with van der Waals surface area (Å²) in [5.41, 5.74) is 0. The number of aromatic nitrogens is 1. The molecule has 17 heavy (non-hydrogen) atoms. The van der Waals surface area contributed by atoms with Crippen LogP contribution in [0.15, 0.2) is 51.8 Å². The zero-order chi connectivity index (χ0) is 12.1. The van der Waals surface area contributed by atoms with Gasteiger partial charge in [-0.05, 0) is 18.2 Å². The summed E-state index contributed by atoms with van der Waals surface area (Å²) in [6.07, 6.45) is 4.34. The lowest BCUT2D eigenvalue weighted by molar-refractivity contribution is -0.131. The van der Waals surface area contributed by atoms with Crippen LogP contribution in [0.1, 0.15) is 4.88 Å². The molecule has 0 aliphatic heterocycles. The van der Waals surface area contributed by atoms with E-state index in [1.165, 1.54) is 11.3 Å². The van der Waals surface area contributed by atoms with Crippen molar-refractivity contribution in [2.75, 3.05) is 0 Å². The quantitative estimate of drug-likeness (QED) is 0.859. The van der Waals surface area contributed by atoms with Gasteiger partial charge in [0.05, 0.1) is 0 Å². The molecule has 0 saturated heterocycles. The number of rotatable bonds is 4. The number of aliphatic carboxylic acids is 1. The molecule has 1 aromatic carbocycles. The molecule has 0 amide bonds. The molecule has 0 bridgehead atoms. The minimum Gasteiger partial charge on any atom is -0.478 e. The Kier molecular flexibility index (Phi) is 3.95. The minimum atomic E-state index is -0.948. The Hall–Kier alpha value is -1.59. The van der Waals surface area contributed by atoms with Crippen molar-refractivity contribution in [3.05, 3.63) is 47.5 Å². The number of carboxylic acid groups (broad SMARTS) is 1. The second kappa shape index (κ2) is 5.65. The smallest absolute Gasteiger partial charge is 0.328 e. The Morgan fingerprint density at radius 3 is 2.82 bits per heavy atom. The lowest BCUT2D eigenvalue weighted by atomic mass is 10.4. The van der Waals surface area contributed by atoms with E-state index in [2.05, 4.69) is 4.98 Å². The molecule has 0 fully saturated rings. The highest BCUT2D eigenvalue weighted by Crippen LogP contribution is 2.31. The second-order valence-electron chi connectivity index (χ2n) is 3.12. The van der Waals surface area contributed by atoms with Crippen LogP contribution in [0.5, 0.6) is 0 Å². The maximum Gasteiger partial charge on any atom is 0.328 e. The van der Waals surface area contributed by atoms with Gasteiger partial charge in [0.25, 0.3) is 0 Å². The third-order valence-corrected chi connectivity index (χ3v) is 3.89. The van der Waals surface area contributed by atoms with E-state index < -0.39 is 5.97 Å². The molecule has 1 aromatic heterocycles. The fourth-order valence-electron chi connectivity index (χ4n) is 1.14. The Bertz CT molecular complexity index is 534. The fraction of sp³-hybridized carbons (Fsp3) is 0. The van der Waals surface area contributed by atoms with Gasteiger partial charge < -0.3 is 5.11 Å². The van der Waals surface area contributed by atoms with E-state index in [-0.39, 0.29) is 0 Å². The van der Waals surface area contributed by atoms with Crippen LogP contribution >= 0.6 is 23.1 Å². The first-order chi connectivity index (χ1) is 8.24. The zero-order valence-corrected chi connectivity index (χ0v) is 10.4. The van der Waals surface area contributed by atoms with Crippen LogP contribution in [0.2, 0.25) is 0 Å². The number of carboxylic acids is 1. The third kappa shape index (κ3) is 3.72. The average molecular weight is 263 g/mol.